The monoisotopic (exact) mass is 407 g/mol. The maximum Gasteiger partial charge on any atom is 0.311 e. The first-order valence-corrected chi connectivity index (χ1v) is 9.41. The summed E-state index contributed by atoms with van der Waals surface area (Å²) in [6, 6.07) is 20.0. The molecule has 0 saturated heterocycles. The second-order valence-electron chi connectivity index (χ2n) is 6.74. The smallest absolute Gasteiger partial charge is 0.311 e. The number of anilines is 1. The number of aryl methyl sites for hydroxylation is 1. The number of rotatable bonds is 7. The van der Waals surface area contributed by atoms with E-state index in [1.54, 1.807) is 54.6 Å². The molecule has 1 N–H and O–H groups in total. The largest absolute Gasteiger partial charge is 0.495 e. The standard InChI is InChI=1S/C24H22FNO4/c1-16-12-13-21(29-2)20(14-16)26-24(28)23(17-8-4-3-5-9-17)30-22(27)15-18-10-6-7-11-19(18)25/h3-14,23H,15H2,1-2H3,(H,26,28)/t23-/m1/s1. The Hall–Kier alpha value is -3.67. The van der Waals surface area contributed by atoms with Gasteiger partial charge in [0.05, 0.1) is 19.2 Å². The lowest BCUT2D eigenvalue weighted by atomic mass is 10.1. The topological polar surface area (TPSA) is 64.6 Å². The van der Waals surface area contributed by atoms with Gasteiger partial charge in [-0.25, -0.2) is 4.39 Å². The van der Waals surface area contributed by atoms with Crippen LogP contribution in [0.4, 0.5) is 10.1 Å². The number of halogens is 1. The quantitative estimate of drug-likeness (QED) is 0.581. The van der Waals surface area contributed by atoms with Gasteiger partial charge < -0.3 is 14.8 Å². The molecule has 0 aromatic heterocycles. The van der Waals surface area contributed by atoms with Crippen molar-refractivity contribution in [2.75, 3.05) is 12.4 Å². The summed E-state index contributed by atoms with van der Waals surface area (Å²) in [6.07, 6.45) is -1.48. The van der Waals surface area contributed by atoms with E-state index in [4.69, 9.17) is 9.47 Å². The van der Waals surface area contributed by atoms with Gasteiger partial charge in [-0.05, 0) is 36.2 Å². The zero-order valence-electron chi connectivity index (χ0n) is 16.7. The van der Waals surface area contributed by atoms with Crippen LogP contribution in [0.1, 0.15) is 22.8 Å². The molecule has 0 fully saturated rings. The highest BCUT2D eigenvalue weighted by Crippen LogP contribution is 2.28. The summed E-state index contributed by atoms with van der Waals surface area (Å²) < 4.78 is 24.6. The third kappa shape index (κ3) is 5.23. The predicted octanol–water partition coefficient (Wildman–Crippen LogP) is 4.61. The van der Waals surface area contributed by atoms with Crippen molar-refractivity contribution in [3.05, 3.63) is 95.3 Å². The van der Waals surface area contributed by atoms with Gasteiger partial charge in [0.1, 0.15) is 11.6 Å². The van der Waals surface area contributed by atoms with Gasteiger partial charge in [0.25, 0.3) is 5.91 Å². The highest BCUT2D eigenvalue weighted by Gasteiger charge is 2.26. The summed E-state index contributed by atoms with van der Waals surface area (Å²) in [7, 11) is 1.50. The van der Waals surface area contributed by atoms with Crippen LogP contribution < -0.4 is 10.1 Å². The van der Waals surface area contributed by atoms with Crippen molar-refractivity contribution in [1.82, 2.24) is 0 Å². The van der Waals surface area contributed by atoms with Crippen molar-refractivity contribution in [3.63, 3.8) is 0 Å². The fourth-order valence-electron chi connectivity index (χ4n) is 2.99. The number of esters is 1. The van der Waals surface area contributed by atoms with Gasteiger partial charge in [0.15, 0.2) is 0 Å². The summed E-state index contributed by atoms with van der Waals surface area (Å²) in [6.45, 7) is 1.89. The molecule has 30 heavy (non-hydrogen) atoms. The number of carbonyl (C=O) groups excluding carboxylic acids is 2. The van der Waals surface area contributed by atoms with Gasteiger partial charge in [-0.3, -0.25) is 9.59 Å². The fraction of sp³-hybridized carbons (Fsp3) is 0.167. The van der Waals surface area contributed by atoms with Crippen molar-refractivity contribution < 1.29 is 23.5 Å². The van der Waals surface area contributed by atoms with Crippen molar-refractivity contribution in [1.29, 1.82) is 0 Å². The Kier molecular flexibility index (Phi) is 6.80. The minimum atomic E-state index is -1.20. The van der Waals surface area contributed by atoms with E-state index in [2.05, 4.69) is 5.32 Å². The normalized spacial score (nSPS) is 11.4. The molecular formula is C24H22FNO4. The summed E-state index contributed by atoms with van der Waals surface area (Å²) in [5.74, 6) is -1.26. The van der Waals surface area contributed by atoms with E-state index in [-0.39, 0.29) is 12.0 Å². The Labute approximate surface area is 174 Å². The highest BCUT2D eigenvalue weighted by molar-refractivity contribution is 5.97. The van der Waals surface area contributed by atoms with Gasteiger partial charge in [0, 0.05) is 5.56 Å². The highest BCUT2D eigenvalue weighted by atomic mass is 19.1. The van der Waals surface area contributed by atoms with Crippen LogP contribution in [0.5, 0.6) is 5.75 Å². The molecule has 0 aliphatic carbocycles. The molecule has 0 spiro atoms. The van der Waals surface area contributed by atoms with Gasteiger partial charge in [-0.1, -0.05) is 54.6 Å². The summed E-state index contributed by atoms with van der Waals surface area (Å²) in [5, 5.41) is 2.77. The lowest BCUT2D eigenvalue weighted by Crippen LogP contribution is -2.26. The number of ether oxygens (including phenoxy) is 2. The lowest BCUT2D eigenvalue weighted by Gasteiger charge is -2.19. The number of benzene rings is 3. The van der Waals surface area contributed by atoms with E-state index >= 15 is 0 Å². The Morgan fingerprint density at radius 1 is 1.00 bits per heavy atom. The zero-order chi connectivity index (χ0) is 21.5. The third-order valence-electron chi connectivity index (χ3n) is 4.50. The molecule has 3 aromatic carbocycles. The summed E-state index contributed by atoms with van der Waals surface area (Å²) >= 11 is 0. The second-order valence-corrected chi connectivity index (χ2v) is 6.74. The number of methoxy groups -OCH3 is 1. The Morgan fingerprint density at radius 3 is 2.40 bits per heavy atom. The van der Waals surface area contributed by atoms with Crippen LogP contribution in [0.25, 0.3) is 0 Å². The summed E-state index contributed by atoms with van der Waals surface area (Å²) in [4.78, 5) is 25.5. The molecule has 1 atom stereocenters. The van der Waals surface area contributed by atoms with E-state index < -0.39 is 23.8 Å². The van der Waals surface area contributed by atoms with Crippen molar-refractivity contribution >= 4 is 17.6 Å². The molecular weight excluding hydrogens is 385 g/mol. The summed E-state index contributed by atoms with van der Waals surface area (Å²) in [5.41, 5.74) is 2.10. The number of nitrogens with one attached hydrogen (secondary N) is 1. The van der Waals surface area contributed by atoms with Crippen LogP contribution in [-0.4, -0.2) is 19.0 Å². The van der Waals surface area contributed by atoms with Gasteiger partial charge in [-0.15, -0.1) is 0 Å². The van der Waals surface area contributed by atoms with Gasteiger partial charge >= 0.3 is 5.97 Å². The number of amides is 1. The van der Waals surface area contributed by atoms with E-state index in [1.807, 2.05) is 13.0 Å². The Balaban J connectivity index is 1.82. The number of carbonyl (C=O) groups is 2. The van der Waals surface area contributed by atoms with E-state index in [0.717, 1.165) is 5.56 Å². The predicted molar refractivity (Wildman–Crippen MR) is 112 cm³/mol. The van der Waals surface area contributed by atoms with Crippen LogP contribution in [0.2, 0.25) is 0 Å². The average molecular weight is 407 g/mol. The molecule has 0 saturated carbocycles. The number of hydrogen-bond acceptors (Lipinski definition) is 4. The molecule has 3 rings (SSSR count). The maximum atomic E-state index is 13.9. The van der Waals surface area contributed by atoms with Crippen molar-refractivity contribution in [3.8, 4) is 5.75 Å². The SMILES string of the molecule is COc1ccc(C)cc1NC(=O)[C@H](OC(=O)Cc1ccccc1F)c1ccccc1. The van der Waals surface area contributed by atoms with E-state index in [9.17, 15) is 14.0 Å². The molecule has 0 unspecified atom stereocenters. The lowest BCUT2D eigenvalue weighted by molar-refractivity contribution is -0.154. The zero-order valence-corrected chi connectivity index (χ0v) is 16.7. The van der Waals surface area contributed by atoms with Crippen LogP contribution in [0, 0.1) is 12.7 Å². The van der Waals surface area contributed by atoms with Crippen molar-refractivity contribution in [2.45, 2.75) is 19.4 Å². The first kappa shape index (κ1) is 21.0. The minimum absolute atomic E-state index is 0.204. The molecule has 5 nitrogen and oxygen atoms in total. The minimum Gasteiger partial charge on any atom is -0.495 e. The van der Waals surface area contributed by atoms with Crippen LogP contribution in [0.3, 0.4) is 0 Å². The molecule has 0 aliphatic heterocycles. The molecule has 6 heteroatoms. The molecule has 0 heterocycles. The average Bonchev–Trinajstić information content (AvgIpc) is 2.74. The van der Waals surface area contributed by atoms with E-state index in [0.29, 0.717) is 17.0 Å². The molecule has 0 bridgehead atoms. The Morgan fingerprint density at radius 2 is 1.70 bits per heavy atom. The van der Waals surface area contributed by atoms with Crippen LogP contribution in [0.15, 0.2) is 72.8 Å². The molecule has 3 aromatic rings. The Bertz CT molecular complexity index is 1040. The molecule has 1 amide bonds. The fourth-order valence-corrected chi connectivity index (χ4v) is 2.99. The molecule has 0 aliphatic rings. The van der Waals surface area contributed by atoms with Crippen LogP contribution >= 0.6 is 0 Å². The van der Waals surface area contributed by atoms with Gasteiger partial charge in [0.2, 0.25) is 6.10 Å². The first-order valence-electron chi connectivity index (χ1n) is 9.41. The second kappa shape index (κ2) is 9.69. The molecule has 154 valence electrons. The first-order chi connectivity index (χ1) is 14.5. The van der Waals surface area contributed by atoms with Crippen LogP contribution in [-0.2, 0) is 20.7 Å². The van der Waals surface area contributed by atoms with Gasteiger partial charge in [-0.2, -0.15) is 0 Å². The molecule has 0 radical (unpaired) electrons. The maximum absolute atomic E-state index is 13.9. The third-order valence-corrected chi connectivity index (χ3v) is 4.50. The number of hydrogen-bond donors (Lipinski definition) is 1. The van der Waals surface area contributed by atoms with Crippen molar-refractivity contribution in [2.24, 2.45) is 0 Å². The van der Waals surface area contributed by atoms with E-state index in [1.165, 1.54) is 19.2 Å².